The second-order valence-corrected chi connectivity index (χ2v) is 4.98. The van der Waals surface area contributed by atoms with E-state index in [2.05, 4.69) is 23.1 Å². The van der Waals surface area contributed by atoms with Crippen LogP contribution in [0.2, 0.25) is 0 Å². The van der Waals surface area contributed by atoms with Crippen LogP contribution in [0.25, 0.3) is 5.82 Å². The van der Waals surface area contributed by atoms with E-state index < -0.39 is 0 Å². The van der Waals surface area contributed by atoms with Crippen molar-refractivity contribution in [2.24, 2.45) is 0 Å². The molecule has 1 aliphatic rings. The number of pyridine rings is 1. The maximum atomic E-state index is 9.64. The lowest BCUT2D eigenvalue weighted by Crippen LogP contribution is -2.04. The highest BCUT2D eigenvalue weighted by atomic mass is 16.3. The molecule has 98 valence electrons. The van der Waals surface area contributed by atoms with Crippen LogP contribution >= 0.6 is 0 Å². The van der Waals surface area contributed by atoms with E-state index in [4.69, 9.17) is 0 Å². The Balaban J connectivity index is 2.04. The van der Waals surface area contributed by atoms with Gasteiger partial charge in [-0.05, 0) is 32.4 Å². The minimum absolute atomic E-state index is 0.257. The molecule has 0 aliphatic heterocycles. The van der Waals surface area contributed by atoms with Crippen LogP contribution in [0.4, 0.5) is 0 Å². The van der Waals surface area contributed by atoms with Gasteiger partial charge in [-0.15, -0.1) is 0 Å². The van der Waals surface area contributed by atoms with Gasteiger partial charge in [-0.3, -0.25) is 0 Å². The maximum Gasteiger partial charge on any atom is 0.153 e. The molecule has 0 spiro atoms. The van der Waals surface area contributed by atoms with E-state index in [-0.39, 0.29) is 12.0 Å². The van der Waals surface area contributed by atoms with E-state index in [1.165, 1.54) is 5.56 Å². The van der Waals surface area contributed by atoms with Crippen molar-refractivity contribution in [2.45, 2.75) is 32.3 Å². The van der Waals surface area contributed by atoms with E-state index in [9.17, 15) is 5.11 Å². The standard InChI is InChI=1S/C15H17N3O/c1-10-15(12-6-7-13(19)9-12)11(2)18(17-10)14-5-3-4-8-16-14/h3-8,12-13,19H,9H2,1-2H3/t12-,13+/m0/s1. The van der Waals surface area contributed by atoms with Crippen molar-refractivity contribution in [3.8, 4) is 5.82 Å². The highest BCUT2D eigenvalue weighted by Crippen LogP contribution is 2.33. The molecule has 0 unspecified atom stereocenters. The first-order valence-corrected chi connectivity index (χ1v) is 6.50. The first kappa shape index (κ1) is 12.1. The van der Waals surface area contributed by atoms with Gasteiger partial charge in [0.15, 0.2) is 5.82 Å². The van der Waals surface area contributed by atoms with E-state index >= 15 is 0 Å². The molecule has 3 rings (SSSR count). The SMILES string of the molecule is Cc1nn(-c2ccccn2)c(C)c1[C@H]1C=C[C@@H](O)C1. The number of aliphatic hydroxyl groups is 1. The van der Waals surface area contributed by atoms with Crippen LogP contribution in [0.15, 0.2) is 36.5 Å². The zero-order valence-electron chi connectivity index (χ0n) is 11.1. The Labute approximate surface area is 112 Å². The second kappa shape index (κ2) is 4.63. The molecule has 2 aromatic rings. The van der Waals surface area contributed by atoms with Crippen molar-refractivity contribution in [3.05, 3.63) is 53.5 Å². The van der Waals surface area contributed by atoms with Gasteiger partial charge in [-0.1, -0.05) is 18.2 Å². The average molecular weight is 255 g/mol. The largest absolute Gasteiger partial charge is 0.389 e. The van der Waals surface area contributed by atoms with Gasteiger partial charge >= 0.3 is 0 Å². The average Bonchev–Trinajstić information content (AvgIpc) is 2.95. The molecule has 2 heterocycles. The number of aryl methyl sites for hydroxylation is 1. The third-order valence-corrected chi connectivity index (χ3v) is 3.65. The minimum atomic E-state index is -0.331. The third-order valence-electron chi connectivity index (χ3n) is 3.65. The molecule has 1 N–H and O–H groups in total. The summed E-state index contributed by atoms with van der Waals surface area (Å²) in [7, 11) is 0. The zero-order valence-corrected chi connectivity index (χ0v) is 11.1. The third kappa shape index (κ3) is 2.08. The molecular weight excluding hydrogens is 238 g/mol. The Bertz CT molecular complexity index is 616. The van der Waals surface area contributed by atoms with Crippen molar-refractivity contribution >= 4 is 0 Å². The summed E-state index contributed by atoms with van der Waals surface area (Å²) in [6, 6.07) is 5.80. The van der Waals surface area contributed by atoms with Crippen molar-refractivity contribution in [1.82, 2.24) is 14.8 Å². The number of aromatic nitrogens is 3. The summed E-state index contributed by atoms with van der Waals surface area (Å²) in [6.07, 6.45) is 6.12. The van der Waals surface area contributed by atoms with Crippen molar-refractivity contribution in [2.75, 3.05) is 0 Å². The summed E-state index contributed by atoms with van der Waals surface area (Å²) in [4.78, 5) is 4.34. The molecule has 19 heavy (non-hydrogen) atoms. The zero-order chi connectivity index (χ0) is 13.4. The van der Waals surface area contributed by atoms with E-state index in [0.29, 0.717) is 0 Å². The maximum absolute atomic E-state index is 9.64. The summed E-state index contributed by atoms with van der Waals surface area (Å²) in [5.74, 6) is 1.09. The highest BCUT2D eigenvalue weighted by Gasteiger charge is 2.25. The molecule has 0 saturated heterocycles. The molecule has 0 amide bonds. The van der Waals surface area contributed by atoms with Gasteiger partial charge < -0.3 is 5.11 Å². The molecule has 0 radical (unpaired) electrons. The fourth-order valence-corrected chi connectivity index (χ4v) is 2.79. The van der Waals surface area contributed by atoms with Gasteiger partial charge in [-0.2, -0.15) is 5.10 Å². The summed E-state index contributed by atoms with van der Waals surface area (Å²) in [6.45, 7) is 4.07. The Hall–Kier alpha value is -1.94. The Morgan fingerprint density at radius 3 is 2.74 bits per heavy atom. The van der Waals surface area contributed by atoms with E-state index in [1.54, 1.807) is 6.20 Å². The molecule has 4 heteroatoms. The summed E-state index contributed by atoms with van der Waals surface area (Å²) >= 11 is 0. The van der Waals surface area contributed by atoms with E-state index in [0.717, 1.165) is 23.6 Å². The molecular formula is C15H17N3O. The van der Waals surface area contributed by atoms with Crippen LogP contribution in [0.5, 0.6) is 0 Å². The van der Waals surface area contributed by atoms with Crippen molar-refractivity contribution in [3.63, 3.8) is 0 Å². The lowest BCUT2D eigenvalue weighted by Gasteiger charge is -2.10. The minimum Gasteiger partial charge on any atom is -0.389 e. The Kier molecular flexibility index (Phi) is 2.95. The van der Waals surface area contributed by atoms with Gasteiger partial charge in [0.25, 0.3) is 0 Å². The molecule has 4 nitrogen and oxygen atoms in total. The molecule has 1 aliphatic carbocycles. The monoisotopic (exact) mass is 255 g/mol. The normalized spacial score (nSPS) is 22.1. The number of nitrogens with zero attached hydrogens (tertiary/aromatic N) is 3. The van der Waals surface area contributed by atoms with Crippen LogP contribution in [-0.2, 0) is 0 Å². The Morgan fingerprint density at radius 1 is 1.26 bits per heavy atom. The first-order valence-electron chi connectivity index (χ1n) is 6.50. The van der Waals surface area contributed by atoms with Crippen LogP contribution in [-0.4, -0.2) is 26.0 Å². The van der Waals surface area contributed by atoms with Gasteiger partial charge in [0.1, 0.15) is 0 Å². The summed E-state index contributed by atoms with van der Waals surface area (Å²) in [5, 5.41) is 14.2. The number of aliphatic hydroxyl groups excluding tert-OH is 1. The van der Waals surface area contributed by atoms with Gasteiger partial charge in [0.05, 0.1) is 11.8 Å². The molecule has 0 fully saturated rings. The summed E-state index contributed by atoms with van der Waals surface area (Å²) in [5.41, 5.74) is 3.31. The molecule has 0 bridgehead atoms. The first-order chi connectivity index (χ1) is 9.16. The van der Waals surface area contributed by atoms with Gasteiger partial charge in [0, 0.05) is 23.4 Å². The highest BCUT2D eigenvalue weighted by molar-refractivity contribution is 5.38. The van der Waals surface area contributed by atoms with Crippen LogP contribution in [0, 0.1) is 13.8 Å². The molecule has 2 aromatic heterocycles. The van der Waals surface area contributed by atoms with Crippen LogP contribution in [0.3, 0.4) is 0 Å². The summed E-state index contributed by atoms with van der Waals surface area (Å²) < 4.78 is 1.88. The quantitative estimate of drug-likeness (QED) is 0.838. The van der Waals surface area contributed by atoms with Crippen molar-refractivity contribution in [1.29, 1.82) is 0 Å². The number of hydrogen-bond acceptors (Lipinski definition) is 3. The predicted octanol–water partition coefficient (Wildman–Crippen LogP) is 2.29. The van der Waals surface area contributed by atoms with Crippen LogP contribution < -0.4 is 0 Å². The smallest absolute Gasteiger partial charge is 0.153 e. The topological polar surface area (TPSA) is 50.9 Å². The predicted molar refractivity (Wildman–Crippen MR) is 73.3 cm³/mol. The lowest BCUT2D eigenvalue weighted by molar-refractivity contribution is 0.218. The number of rotatable bonds is 2. The molecule has 0 aromatic carbocycles. The van der Waals surface area contributed by atoms with Crippen molar-refractivity contribution < 1.29 is 5.11 Å². The lowest BCUT2D eigenvalue weighted by atomic mass is 9.96. The fraction of sp³-hybridized carbons (Fsp3) is 0.333. The molecule has 2 atom stereocenters. The van der Waals surface area contributed by atoms with E-state index in [1.807, 2.05) is 35.9 Å². The Morgan fingerprint density at radius 2 is 2.11 bits per heavy atom. The molecule has 0 saturated carbocycles. The number of hydrogen-bond donors (Lipinski definition) is 1. The van der Waals surface area contributed by atoms with Crippen LogP contribution in [0.1, 0.15) is 29.3 Å². The van der Waals surface area contributed by atoms with Gasteiger partial charge in [0.2, 0.25) is 0 Å². The fourth-order valence-electron chi connectivity index (χ4n) is 2.79. The van der Waals surface area contributed by atoms with Gasteiger partial charge in [-0.25, -0.2) is 9.67 Å². The number of allylic oxidation sites excluding steroid dienone is 1. The second-order valence-electron chi connectivity index (χ2n) is 4.98.